The molecule has 27 heavy (non-hydrogen) atoms. The summed E-state index contributed by atoms with van der Waals surface area (Å²) in [6, 6.07) is 9.49. The van der Waals surface area contributed by atoms with Crippen LogP contribution in [0.5, 0.6) is 0 Å². The van der Waals surface area contributed by atoms with Crippen LogP contribution in [-0.2, 0) is 11.8 Å². The van der Waals surface area contributed by atoms with Gasteiger partial charge in [-0.3, -0.25) is 14.2 Å². The van der Waals surface area contributed by atoms with E-state index in [9.17, 15) is 18.4 Å². The number of hydrogen-bond acceptors (Lipinski definition) is 4. The van der Waals surface area contributed by atoms with Crippen LogP contribution in [-0.4, -0.2) is 21.2 Å². The first-order chi connectivity index (χ1) is 12.9. The van der Waals surface area contributed by atoms with Gasteiger partial charge < -0.3 is 5.32 Å². The van der Waals surface area contributed by atoms with E-state index < -0.39 is 5.82 Å². The van der Waals surface area contributed by atoms with Gasteiger partial charge in [0.25, 0.3) is 5.56 Å². The maximum Gasteiger partial charge on any atom is 0.261 e. The fraction of sp³-hybridized carbons (Fsp3) is 0.211. The molecule has 0 saturated carbocycles. The van der Waals surface area contributed by atoms with E-state index in [1.807, 2.05) is 0 Å². The quantitative estimate of drug-likeness (QED) is 0.396. The molecule has 1 amide bonds. The van der Waals surface area contributed by atoms with E-state index in [0.29, 0.717) is 28.5 Å². The molecule has 3 aromatic rings. The van der Waals surface area contributed by atoms with Crippen molar-refractivity contribution in [2.75, 3.05) is 11.1 Å². The van der Waals surface area contributed by atoms with Crippen molar-refractivity contribution in [1.82, 2.24) is 9.55 Å². The molecule has 0 spiro atoms. The van der Waals surface area contributed by atoms with Crippen molar-refractivity contribution in [3.8, 4) is 0 Å². The second-order valence-corrected chi connectivity index (χ2v) is 6.99. The summed E-state index contributed by atoms with van der Waals surface area (Å²) in [6.45, 7) is 0. The van der Waals surface area contributed by atoms with Crippen LogP contribution in [0.1, 0.15) is 12.8 Å². The number of carbonyl (C=O) groups excluding carboxylic acids is 1. The summed E-state index contributed by atoms with van der Waals surface area (Å²) < 4.78 is 27.5. The van der Waals surface area contributed by atoms with Crippen molar-refractivity contribution >= 4 is 34.3 Å². The Morgan fingerprint density at radius 2 is 1.85 bits per heavy atom. The first-order valence-electron chi connectivity index (χ1n) is 8.28. The third-order valence-electron chi connectivity index (χ3n) is 3.90. The number of nitrogens with zero attached hydrogens (tertiary/aromatic N) is 2. The van der Waals surface area contributed by atoms with Crippen molar-refractivity contribution in [3.63, 3.8) is 0 Å². The Morgan fingerprint density at radius 3 is 2.59 bits per heavy atom. The minimum Gasteiger partial charge on any atom is -0.326 e. The molecule has 1 N–H and O–H groups in total. The number of amides is 1. The van der Waals surface area contributed by atoms with Crippen molar-refractivity contribution < 1.29 is 13.6 Å². The lowest BCUT2D eigenvalue weighted by Gasteiger charge is -2.09. The summed E-state index contributed by atoms with van der Waals surface area (Å²) in [5, 5.41) is 3.45. The summed E-state index contributed by atoms with van der Waals surface area (Å²) in [7, 11) is 1.59. The Balaban J connectivity index is 1.56. The highest BCUT2D eigenvalue weighted by Gasteiger charge is 2.10. The molecule has 0 aliphatic rings. The van der Waals surface area contributed by atoms with Gasteiger partial charge in [0.2, 0.25) is 5.91 Å². The predicted octanol–water partition coefficient (Wildman–Crippen LogP) is 3.72. The predicted molar refractivity (Wildman–Crippen MR) is 102 cm³/mol. The molecule has 2 aromatic carbocycles. The number of thioether (sulfide) groups is 1. The number of benzene rings is 2. The molecule has 5 nitrogen and oxygen atoms in total. The van der Waals surface area contributed by atoms with E-state index in [4.69, 9.17) is 0 Å². The van der Waals surface area contributed by atoms with Gasteiger partial charge in [-0.05, 0) is 48.9 Å². The average molecular weight is 389 g/mol. The summed E-state index contributed by atoms with van der Waals surface area (Å²) in [6.07, 6.45) is 0.867. The molecule has 1 heterocycles. The fourth-order valence-corrected chi connectivity index (χ4v) is 3.42. The van der Waals surface area contributed by atoms with Crippen LogP contribution in [0.25, 0.3) is 10.9 Å². The smallest absolute Gasteiger partial charge is 0.261 e. The van der Waals surface area contributed by atoms with Crippen molar-refractivity contribution in [2.45, 2.75) is 18.0 Å². The highest BCUT2D eigenvalue weighted by atomic mass is 32.2. The molecular formula is C19H17F2N3O2S. The van der Waals surface area contributed by atoms with E-state index in [-0.39, 0.29) is 29.1 Å². The van der Waals surface area contributed by atoms with Crippen LogP contribution >= 0.6 is 11.8 Å². The Morgan fingerprint density at radius 1 is 1.15 bits per heavy atom. The molecule has 0 aliphatic carbocycles. The van der Waals surface area contributed by atoms with E-state index >= 15 is 0 Å². The van der Waals surface area contributed by atoms with Crippen LogP contribution < -0.4 is 10.9 Å². The van der Waals surface area contributed by atoms with Crippen LogP contribution in [0.15, 0.2) is 52.4 Å². The van der Waals surface area contributed by atoms with Crippen LogP contribution in [0.2, 0.25) is 0 Å². The van der Waals surface area contributed by atoms with E-state index in [1.54, 1.807) is 7.05 Å². The molecule has 3 rings (SSSR count). The van der Waals surface area contributed by atoms with E-state index in [0.717, 1.165) is 0 Å². The van der Waals surface area contributed by atoms with E-state index in [1.165, 1.54) is 58.8 Å². The molecular weight excluding hydrogens is 372 g/mol. The van der Waals surface area contributed by atoms with Crippen molar-refractivity contribution in [1.29, 1.82) is 0 Å². The van der Waals surface area contributed by atoms with Gasteiger partial charge in [-0.25, -0.2) is 13.8 Å². The second-order valence-electron chi connectivity index (χ2n) is 5.93. The van der Waals surface area contributed by atoms with E-state index in [2.05, 4.69) is 10.3 Å². The van der Waals surface area contributed by atoms with Gasteiger partial charge in [0.1, 0.15) is 11.6 Å². The number of rotatable bonds is 6. The van der Waals surface area contributed by atoms with Crippen LogP contribution in [0.4, 0.5) is 14.5 Å². The molecule has 0 radical (unpaired) electrons. The highest BCUT2D eigenvalue weighted by Crippen LogP contribution is 2.19. The second kappa shape index (κ2) is 8.30. The molecule has 0 fully saturated rings. The van der Waals surface area contributed by atoms with Gasteiger partial charge in [-0.1, -0.05) is 11.8 Å². The molecule has 0 unspecified atom stereocenters. The third kappa shape index (κ3) is 4.71. The lowest BCUT2D eigenvalue weighted by atomic mass is 10.2. The minimum atomic E-state index is -0.478. The summed E-state index contributed by atoms with van der Waals surface area (Å²) in [5.74, 6) is -0.420. The molecule has 0 aliphatic heterocycles. The third-order valence-corrected chi connectivity index (χ3v) is 5.02. The molecule has 140 valence electrons. The van der Waals surface area contributed by atoms with Gasteiger partial charge in [0.05, 0.1) is 10.9 Å². The Bertz CT molecular complexity index is 1040. The largest absolute Gasteiger partial charge is 0.326 e. The summed E-state index contributed by atoms with van der Waals surface area (Å²) >= 11 is 1.36. The number of hydrogen-bond donors (Lipinski definition) is 1. The summed E-state index contributed by atoms with van der Waals surface area (Å²) in [4.78, 5) is 28.6. The number of carbonyl (C=O) groups is 1. The Labute approximate surface area is 158 Å². The molecule has 0 saturated heterocycles. The number of fused-ring (bicyclic) bond motifs is 1. The average Bonchev–Trinajstić information content (AvgIpc) is 2.65. The molecule has 0 atom stereocenters. The zero-order valence-corrected chi connectivity index (χ0v) is 15.4. The van der Waals surface area contributed by atoms with Crippen molar-refractivity contribution in [3.05, 3.63) is 64.5 Å². The Hall–Kier alpha value is -2.74. The maximum absolute atomic E-state index is 13.3. The van der Waals surface area contributed by atoms with Gasteiger partial charge in [0, 0.05) is 24.9 Å². The Kier molecular flexibility index (Phi) is 5.85. The topological polar surface area (TPSA) is 64.0 Å². The number of anilines is 1. The van der Waals surface area contributed by atoms with Gasteiger partial charge in [-0.15, -0.1) is 0 Å². The zero-order chi connectivity index (χ0) is 19.4. The van der Waals surface area contributed by atoms with Crippen LogP contribution in [0, 0.1) is 11.6 Å². The molecule has 1 aromatic heterocycles. The SMILES string of the molecule is Cn1c(SCCCC(=O)Nc2ccc(F)cc2)nc2ccc(F)cc2c1=O. The van der Waals surface area contributed by atoms with Gasteiger partial charge >= 0.3 is 0 Å². The number of halogens is 2. The normalized spacial score (nSPS) is 10.9. The fourth-order valence-electron chi connectivity index (χ4n) is 2.50. The monoisotopic (exact) mass is 389 g/mol. The first kappa shape index (κ1) is 19.0. The zero-order valence-electron chi connectivity index (χ0n) is 14.5. The van der Waals surface area contributed by atoms with Gasteiger partial charge in [0.15, 0.2) is 5.16 Å². The van der Waals surface area contributed by atoms with Crippen LogP contribution in [0.3, 0.4) is 0 Å². The van der Waals surface area contributed by atoms with Gasteiger partial charge in [-0.2, -0.15) is 0 Å². The highest BCUT2D eigenvalue weighted by molar-refractivity contribution is 7.99. The lowest BCUT2D eigenvalue weighted by Crippen LogP contribution is -2.20. The number of aromatic nitrogens is 2. The van der Waals surface area contributed by atoms with Crippen molar-refractivity contribution in [2.24, 2.45) is 7.05 Å². The lowest BCUT2D eigenvalue weighted by molar-refractivity contribution is -0.116. The standard InChI is InChI=1S/C19H17F2N3O2S/c1-24-18(26)15-11-13(21)6-9-16(15)23-19(24)27-10-2-3-17(25)22-14-7-4-12(20)5-8-14/h4-9,11H,2-3,10H2,1H3,(H,22,25). The molecule has 0 bridgehead atoms. The maximum atomic E-state index is 13.3. The molecule has 8 heteroatoms. The number of nitrogens with one attached hydrogen (secondary N) is 1. The first-order valence-corrected chi connectivity index (χ1v) is 9.27. The minimum absolute atomic E-state index is 0.168. The summed E-state index contributed by atoms with van der Waals surface area (Å²) in [5.41, 5.74) is 0.673.